The van der Waals surface area contributed by atoms with Crippen molar-refractivity contribution in [2.75, 3.05) is 12.4 Å². The van der Waals surface area contributed by atoms with E-state index in [4.69, 9.17) is 0 Å². The van der Waals surface area contributed by atoms with Crippen molar-refractivity contribution in [1.82, 2.24) is 10.3 Å². The molecule has 0 radical (unpaired) electrons. The number of nitrogens with zero attached hydrogens (tertiary/aromatic N) is 1. The molecule has 1 aromatic heterocycles. The number of anilines is 1. The van der Waals surface area contributed by atoms with Gasteiger partial charge >= 0.3 is 0 Å². The molecule has 1 aromatic carbocycles. The lowest BCUT2D eigenvalue weighted by molar-refractivity contribution is 0.0963. The summed E-state index contributed by atoms with van der Waals surface area (Å²) in [5.74, 6) is -0.0672. The summed E-state index contributed by atoms with van der Waals surface area (Å²) >= 11 is 0. The summed E-state index contributed by atoms with van der Waals surface area (Å²) in [4.78, 5) is 15.8. The maximum Gasteiger partial charge on any atom is 0.251 e. The number of carbonyl (C=O) groups excluding carboxylic acids is 1. The lowest BCUT2D eigenvalue weighted by atomic mass is 10.1. The second-order valence-corrected chi connectivity index (χ2v) is 4.77. The number of nitrogens with one attached hydrogen (secondary N) is 2. The van der Waals surface area contributed by atoms with Crippen LogP contribution in [-0.2, 0) is 6.54 Å². The lowest BCUT2D eigenvalue weighted by Crippen LogP contribution is -2.17. The second-order valence-electron chi connectivity index (χ2n) is 4.77. The van der Waals surface area contributed by atoms with Crippen LogP contribution in [0, 0.1) is 13.8 Å². The van der Waals surface area contributed by atoms with E-state index in [9.17, 15) is 4.79 Å². The number of aryl methyl sites for hydroxylation is 2. The van der Waals surface area contributed by atoms with Gasteiger partial charge in [0.1, 0.15) is 0 Å². The van der Waals surface area contributed by atoms with Gasteiger partial charge in [0.05, 0.1) is 0 Å². The molecule has 0 bridgehead atoms. The summed E-state index contributed by atoms with van der Waals surface area (Å²) in [6.45, 7) is 4.68. The van der Waals surface area contributed by atoms with E-state index in [1.807, 2.05) is 44.3 Å². The fourth-order valence-electron chi connectivity index (χ4n) is 1.95. The summed E-state index contributed by atoms with van der Waals surface area (Å²) in [6.07, 6.45) is 1.87. The Morgan fingerprint density at radius 2 is 2.00 bits per heavy atom. The molecule has 0 aliphatic rings. The first-order valence-corrected chi connectivity index (χ1v) is 6.58. The predicted molar refractivity (Wildman–Crippen MR) is 80.9 cm³/mol. The smallest absolute Gasteiger partial charge is 0.251 e. The number of amides is 1. The Morgan fingerprint density at radius 3 is 2.60 bits per heavy atom. The highest BCUT2D eigenvalue weighted by Crippen LogP contribution is 2.17. The summed E-state index contributed by atoms with van der Waals surface area (Å²) in [7, 11) is 1.63. The highest BCUT2D eigenvalue weighted by Gasteiger charge is 2.05. The Kier molecular flexibility index (Phi) is 4.35. The molecule has 0 atom stereocenters. The Balaban J connectivity index is 2.06. The van der Waals surface area contributed by atoms with Gasteiger partial charge in [0.25, 0.3) is 5.91 Å². The minimum atomic E-state index is -0.0672. The van der Waals surface area contributed by atoms with Gasteiger partial charge in [-0.15, -0.1) is 0 Å². The summed E-state index contributed by atoms with van der Waals surface area (Å²) < 4.78 is 0. The van der Waals surface area contributed by atoms with Crippen LogP contribution in [0.4, 0.5) is 5.69 Å². The van der Waals surface area contributed by atoms with E-state index < -0.39 is 0 Å². The lowest BCUT2D eigenvalue weighted by Gasteiger charge is -2.11. The molecule has 104 valence electrons. The number of carbonyl (C=O) groups is 1. The highest BCUT2D eigenvalue weighted by atomic mass is 16.1. The summed E-state index contributed by atoms with van der Waals surface area (Å²) in [6, 6.07) is 9.69. The molecule has 0 saturated heterocycles. The number of hydrogen-bond donors (Lipinski definition) is 2. The van der Waals surface area contributed by atoms with E-state index in [1.165, 1.54) is 0 Å². The molecule has 1 amide bonds. The molecule has 0 saturated carbocycles. The first kappa shape index (κ1) is 14.1. The molecule has 2 aromatic rings. The molecular formula is C16H19N3O. The first-order chi connectivity index (χ1) is 9.60. The van der Waals surface area contributed by atoms with Crippen LogP contribution in [0.25, 0.3) is 0 Å². The number of aromatic nitrogens is 1. The molecule has 0 aliphatic heterocycles. The number of hydrogen-bond acceptors (Lipinski definition) is 3. The molecule has 4 heteroatoms. The van der Waals surface area contributed by atoms with Crippen LogP contribution in [0.3, 0.4) is 0 Å². The zero-order chi connectivity index (χ0) is 14.5. The van der Waals surface area contributed by atoms with Crippen LogP contribution >= 0.6 is 0 Å². The van der Waals surface area contributed by atoms with Gasteiger partial charge in [0, 0.05) is 36.7 Å². The Labute approximate surface area is 119 Å². The summed E-state index contributed by atoms with van der Waals surface area (Å²) in [5, 5.41) is 5.98. The van der Waals surface area contributed by atoms with E-state index in [2.05, 4.69) is 21.7 Å². The van der Waals surface area contributed by atoms with Crippen molar-refractivity contribution >= 4 is 11.6 Å². The van der Waals surface area contributed by atoms with Crippen LogP contribution in [0.1, 0.15) is 27.2 Å². The Morgan fingerprint density at radius 1 is 1.20 bits per heavy atom. The molecule has 0 aliphatic carbocycles. The predicted octanol–water partition coefficient (Wildman–Crippen LogP) is 2.67. The van der Waals surface area contributed by atoms with Crippen molar-refractivity contribution in [1.29, 1.82) is 0 Å². The average Bonchev–Trinajstić information content (AvgIpc) is 2.46. The van der Waals surface area contributed by atoms with Crippen molar-refractivity contribution in [3.8, 4) is 0 Å². The Hall–Kier alpha value is -2.36. The van der Waals surface area contributed by atoms with E-state index in [-0.39, 0.29) is 5.91 Å². The molecule has 20 heavy (non-hydrogen) atoms. The fourth-order valence-corrected chi connectivity index (χ4v) is 1.95. The summed E-state index contributed by atoms with van der Waals surface area (Å²) in [5.41, 5.74) is 4.89. The maximum absolute atomic E-state index is 11.5. The van der Waals surface area contributed by atoms with Gasteiger partial charge in [-0.1, -0.05) is 6.07 Å². The van der Waals surface area contributed by atoms with Crippen LogP contribution in [-0.4, -0.2) is 17.9 Å². The van der Waals surface area contributed by atoms with Gasteiger partial charge in [0.15, 0.2) is 0 Å². The third-order valence-corrected chi connectivity index (χ3v) is 3.17. The van der Waals surface area contributed by atoms with Crippen LogP contribution in [0.5, 0.6) is 0 Å². The zero-order valence-corrected chi connectivity index (χ0v) is 12.0. The van der Waals surface area contributed by atoms with Crippen LogP contribution < -0.4 is 10.6 Å². The zero-order valence-electron chi connectivity index (χ0n) is 12.0. The molecule has 0 fully saturated rings. The van der Waals surface area contributed by atoms with Crippen LogP contribution in [0.15, 0.2) is 36.5 Å². The average molecular weight is 269 g/mol. The third-order valence-electron chi connectivity index (χ3n) is 3.17. The second kappa shape index (κ2) is 6.19. The fraction of sp³-hybridized carbons (Fsp3) is 0.250. The quantitative estimate of drug-likeness (QED) is 0.897. The van der Waals surface area contributed by atoms with Crippen molar-refractivity contribution in [3.63, 3.8) is 0 Å². The van der Waals surface area contributed by atoms with Gasteiger partial charge in [0.2, 0.25) is 0 Å². The van der Waals surface area contributed by atoms with E-state index in [0.29, 0.717) is 12.1 Å². The van der Waals surface area contributed by atoms with Crippen molar-refractivity contribution < 1.29 is 4.79 Å². The molecule has 2 rings (SSSR count). The SMILES string of the molecule is CNC(=O)c1ccc(NCc2ccc(C)nc2)c(C)c1. The number of rotatable bonds is 4. The van der Waals surface area contributed by atoms with E-state index >= 15 is 0 Å². The molecule has 1 heterocycles. The molecule has 0 spiro atoms. The highest BCUT2D eigenvalue weighted by molar-refractivity contribution is 5.94. The third kappa shape index (κ3) is 3.35. The normalized spacial score (nSPS) is 10.2. The van der Waals surface area contributed by atoms with Gasteiger partial charge in [-0.05, 0) is 49.2 Å². The first-order valence-electron chi connectivity index (χ1n) is 6.58. The van der Waals surface area contributed by atoms with Gasteiger partial charge < -0.3 is 10.6 Å². The van der Waals surface area contributed by atoms with Crippen molar-refractivity contribution in [2.24, 2.45) is 0 Å². The van der Waals surface area contributed by atoms with E-state index in [0.717, 1.165) is 22.5 Å². The van der Waals surface area contributed by atoms with Gasteiger partial charge in [-0.2, -0.15) is 0 Å². The topological polar surface area (TPSA) is 54.0 Å². The van der Waals surface area contributed by atoms with Crippen LogP contribution in [0.2, 0.25) is 0 Å². The minimum absolute atomic E-state index is 0.0672. The van der Waals surface area contributed by atoms with Gasteiger partial charge in [-0.25, -0.2) is 0 Å². The molecular weight excluding hydrogens is 250 g/mol. The molecule has 2 N–H and O–H groups in total. The monoisotopic (exact) mass is 269 g/mol. The minimum Gasteiger partial charge on any atom is -0.381 e. The van der Waals surface area contributed by atoms with E-state index in [1.54, 1.807) is 7.05 Å². The number of pyridine rings is 1. The Bertz CT molecular complexity index is 606. The standard InChI is InChI=1S/C16H19N3O/c1-11-8-14(16(20)17-3)6-7-15(11)19-10-13-5-4-12(2)18-9-13/h4-9,19H,10H2,1-3H3,(H,17,20). The molecule has 4 nitrogen and oxygen atoms in total. The van der Waals surface area contributed by atoms with Gasteiger partial charge in [-0.3, -0.25) is 9.78 Å². The number of benzene rings is 1. The maximum atomic E-state index is 11.5. The largest absolute Gasteiger partial charge is 0.381 e. The van der Waals surface area contributed by atoms with Crippen molar-refractivity contribution in [2.45, 2.75) is 20.4 Å². The van der Waals surface area contributed by atoms with Crippen molar-refractivity contribution in [3.05, 3.63) is 58.9 Å². The molecule has 0 unspecified atom stereocenters.